The van der Waals surface area contributed by atoms with E-state index in [9.17, 15) is 10.2 Å². The number of hydrogen-bond acceptors (Lipinski definition) is 4. The second-order valence-electron chi connectivity index (χ2n) is 10.2. The molecule has 5 N–H and O–H groups in total. The van der Waals surface area contributed by atoms with Crippen LogP contribution >= 0.6 is 0 Å². The van der Waals surface area contributed by atoms with Crippen LogP contribution in [-0.4, -0.2) is 40.5 Å². The highest BCUT2D eigenvalue weighted by Gasteiger charge is 2.57. The Morgan fingerprint density at radius 3 is 2.11 bits per heavy atom. The Morgan fingerprint density at radius 1 is 1.04 bits per heavy atom. The van der Waals surface area contributed by atoms with Crippen LogP contribution in [0.2, 0.25) is 0 Å². The minimum Gasteiger partial charge on any atom is -0.481 e. The monoisotopic (exact) mass is 397 g/mol. The Hall–Kier alpha value is -0.650. The topological polar surface area (TPSA) is 104 Å². The molecule has 3 aliphatic carbocycles. The second-order valence-corrected chi connectivity index (χ2v) is 10.2. The summed E-state index contributed by atoms with van der Waals surface area (Å²) in [7, 11) is 0. The van der Waals surface area contributed by atoms with Crippen LogP contribution in [0.15, 0.2) is 0 Å². The maximum absolute atomic E-state index is 10.1. The number of aliphatic hydroxyl groups is 2. The molecule has 0 heterocycles. The molecule has 0 unspecified atom stereocenters. The summed E-state index contributed by atoms with van der Waals surface area (Å²) < 4.78 is 0. The third-order valence-corrected chi connectivity index (χ3v) is 8.97. The number of aliphatic carboxylic acids is 1. The van der Waals surface area contributed by atoms with Crippen molar-refractivity contribution in [2.45, 2.75) is 85.2 Å². The van der Waals surface area contributed by atoms with Gasteiger partial charge in [0.25, 0.3) is 5.97 Å². The normalized spacial score (nSPS) is 45.7. The Kier molecular flexibility index (Phi) is 7.97. The van der Waals surface area contributed by atoms with Crippen LogP contribution < -0.4 is 5.73 Å². The van der Waals surface area contributed by atoms with Crippen molar-refractivity contribution in [2.24, 2.45) is 46.2 Å². The molecule has 0 radical (unpaired) electrons. The lowest BCUT2D eigenvalue weighted by molar-refractivity contribution is -0.134. The molecule has 0 bridgehead atoms. The van der Waals surface area contributed by atoms with E-state index in [2.05, 4.69) is 20.8 Å². The lowest BCUT2D eigenvalue weighted by atomic mass is 9.48. The fraction of sp³-hybridized carbons (Fsp3) is 0.957. The molecule has 3 fully saturated rings. The van der Waals surface area contributed by atoms with Gasteiger partial charge in [0.1, 0.15) is 0 Å². The summed E-state index contributed by atoms with van der Waals surface area (Å²) >= 11 is 0. The highest BCUT2D eigenvalue weighted by Crippen LogP contribution is 2.64. The average Bonchev–Trinajstić information content (AvgIpc) is 2.98. The largest absolute Gasteiger partial charge is 0.481 e. The van der Waals surface area contributed by atoms with Crippen LogP contribution in [-0.2, 0) is 4.79 Å². The number of hydrogen-bond donors (Lipinski definition) is 4. The van der Waals surface area contributed by atoms with Crippen LogP contribution in [0.4, 0.5) is 0 Å². The number of fused-ring (bicyclic) bond motifs is 1. The SMILES string of the molecule is CC(=O)O.CC[C@H]1CC[C@H]2[C@H](CN)[C@@H]([C@@]3(C)CC[C@H](O)C[C@@H]3CO)CC[C@]12C. The molecular formula is C23H43NO4. The van der Waals surface area contributed by atoms with E-state index in [1.165, 1.54) is 32.1 Å². The molecule has 0 aromatic rings. The van der Waals surface area contributed by atoms with Crippen molar-refractivity contribution in [3.05, 3.63) is 0 Å². The predicted octanol–water partition coefficient (Wildman–Crippen LogP) is 3.66. The minimum absolute atomic E-state index is 0.143. The van der Waals surface area contributed by atoms with Gasteiger partial charge in [-0.25, -0.2) is 0 Å². The van der Waals surface area contributed by atoms with E-state index >= 15 is 0 Å². The van der Waals surface area contributed by atoms with E-state index in [-0.39, 0.29) is 24.0 Å². The van der Waals surface area contributed by atoms with E-state index in [1.54, 1.807) is 0 Å². The summed E-state index contributed by atoms with van der Waals surface area (Å²) in [5.74, 6) is 2.23. The smallest absolute Gasteiger partial charge is 0.300 e. The van der Waals surface area contributed by atoms with Crippen molar-refractivity contribution in [3.8, 4) is 0 Å². The number of carboxylic acids is 1. The van der Waals surface area contributed by atoms with Gasteiger partial charge in [-0.3, -0.25) is 4.79 Å². The van der Waals surface area contributed by atoms with Crippen molar-refractivity contribution in [1.29, 1.82) is 0 Å². The summed E-state index contributed by atoms with van der Waals surface area (Å²) in [5, 5.41) is 27.5. The van der Waals surface area contributed by atoms with Gasteiger partial charge in [-0.15, -0.1) is 0 Å². The summed E-state index contributed by atoms with van der Waals surface area (Å²) in [6.07, 6.45) is 9.08. The highest BCUT2D eigenvalue weighted by molar-refractivity contribution is 5.62. The molecule has 5 nitrogen and oxygen atoms in total. The number of rotatable bonds is 4. The number of carboxylic acid groups (broad SMARTS) is 1. The van der Waals surface area contributed by atoms with E-state index < -0.39 is 5.97 Å². The molecule has 28 heavy (non-hydrogen) atoms. The minimum atomic E-state index is -0.833. The van der Waals surface area contributed by atoms with Gasteiger partial charge in [-0.05, 0) is 91.9 Å². The third kappa shape index (κ3) is 4.41. The lowest BCUT2D eigenvalue weighted by Gasteiger charge is -2.57. The summed E-state index contributed by atoms with van der Waals surface area (Å²) in [6, 6.07) is 0. The molecule has 164 valence electrons. The zero-order chi connectivity index (χ0) is 21.1. The summed E-state index contributed by atoms with van der Waals surface area (Å²) in [6.45, 7) is 9.36. The van der Waals surface area contributed by atoms with Gasteiger partial charge >= 0.3 is 0 Å². The van der Waals surface area contributed by atoms with Crippen molar-refractivity contribution in [2.75, 3.05) is 13.2 Å². The van der Waals surface area contributed by atoms with Crippen molar-refractivity contribution in [3.63, 3.8) is 0 Å². The molecule has 3 rings (SSSR count). The Morgan fingerprint density at radius 2 is 1.57 bits per heavy atom. The van der Waals surface area contributed by atoms with E-state index in [0.29, 0.717) is 17.3 Å². The van der Waals surface area contributed by atoms with Gasteiger partial charge in [0, 0.05) is 13.5 Å². The molecule has 0 aliphatic heterocycles. The first-order chi connectivity index (χ1) is 13.1. The van der Waals surface area contributed by atoms with Crippen LogP contribution in [0.25, 0.3) is 0 Å². The van der Waals surface area contributed by atoms with Crippen molar-refractivity contribution >= 4 is 5.97 Å². The zero-order valence-electron chi connectivity index (χ0n) is 18.4. The second kappa shape index (κ2) is 9.44. The van der Waals surface area contributed by atoms with Gasteiger partial charge in [0.15, 0.2) is 0 Å². The first kappa shape index (κ1) is 23.6. The number of aliphatic hydroxyl groups excluding tert-OH is 2. The van der Waals surface area contributed by atoms with Gasteiger partial charge in [-0.1, -0.05) is 27.2 Å². The molecule has 8 atom stereocenters. The maximum atomic E-state index is 10.1. The van der Waals surface area contributed by atoms with E-state index in [1.807, 2.05) is 0 Å². The van der Waals surface area contributed by atoms with Crippen LogP contribution in [0.3, 0.4) is 0 Å². The fourth-order valence-electron chi connectivity index (χ4n) is 7.38. The van der Waals surface area contributed by atoms with Crippen molar-refractivity contribution in [1.82, 2.24) is 0 Å². The first-order valence-corrected chi connectivity index (χ1v) is 11.3. The fourth-order valence-corrected chi connectivity index (χ4v) is 7.38. The number of carbonyl (C=O) groups is 1. The van der Waals surface area contributed by atoms with Crippen molar-refractivity contribution < 1.29 is 20.1 Å². The van der Waals surface area contributed by atoms with E-state index in [0.717, 1.165) is 44.6 Å². The summed E-state index contributed by atoms with van der Waals surface area (Å²) in [4.78, 5) is 9.00. The predicted molar refractivity (Wildman–Crippen MR) is 112 cm³/mol. The zero-order valence-corrected chi connectivity index (χ0v) is 18.4. The average molecular weight is 398 g/mol. The Labute approximate surface area is 171 Å². The maximum Gasteiger partial charge on any atom is 0.300 e. The molecular weight excluding hydrogens is 354 g/mol. The Bertz CT molecular complexity index is 523. The highest BCUT2D eigenvalue weighted by atomic mass is 16.4. The standard InChI is InChI=1S/C21H39NO2.C2H4O2/c1-4-14-5-6-18-17(12-22)19(8-10-20(14,18)2)21(3)9-7-16(24)11-15(21)13-23;1-2(3)4/h14-19,23-24H,4-13,22H2,1-3H3;1H3,(H,3,4)/t14-,15+,16-,17-,18-,19-,20+,21-;/m0./s1. The molecule has 0 spiro atoms. The third-order valence-electron chi connectivity index (χ3n) is 8.97. The summed E-state index contributed by atoms with van der Waals surface area (Å²) in [5.41, 5.74) is 6.99. The molecule has 0 saturated heterocycles. The molecule has 3 aliphatic rings. The van der Waals surface area contributed by atoms with E-state index in [4.69, 9.17) is 15.6 Å². The molecule has 3 saturated carbocycles. The van der Waals surface area contributed by atoms with Gasteiger partial charge in [-0.2, -0.15) is 0 Å². The molecule has 5 heteroatoms. The van der Waals surface area contributed by atoms with Crippen LogP contribution in [0.1, 0.15) is 79.1 Å². The van der Waals surface area contributed by atoms with Gasteiger partial charge in [0.2, 0.25) is 0 Å². The Balaban J connectivity index is 0.000000640. The molecule has 0 aromatic carbocycles. The lowest BCUT2D eigenvalue weighted by Crippen LogP contribution is -2.53. The quantitative estimate of drug-likeness (QED) is 0.579. The number of nitrogens with two attached hydrogens (primary N) is 1. The van der Waals surface area contributed by atoms with Gasteiger partial charge < -0.3 is 21.1 Å². The van der Waals surface area contributed by atoms with Crippen LogP contribution in [0, 0.1) is 40.4 Å². The van der Waals surface area contributed by atoms with Crippen LogP contribution in [0.5, 0.6) is 0 Å². The first-order valence-electron chi connectivity index (χ1n) is 11.3. The van der Waals surface area contributed by atoms with Gasteiger partial charge in [0.05, 0.1) is 6.10 Å². The molecule has 0 aromatic heterocycles. The molecule has 0 amide bonds.